The molecule has 3 aliphatic rings. The summed E-state index contributed by atoms with van der Waals surface area (Å²) in [5.41, 5.74) is 24.0. The van der Waals surface area contributed by atoms with Gasteiger partial charge in [-0.1, -0.05) is 0 Å². The van der Waals surface area contributed by atoms with Crippen LogP contribution in [0.3, 0.4) is 0 Å². The fraction of sp³-hybridized carbons (Fsp3) is 0.312. The van der Waals surface area contributed by atoms with Gasteiger partial charge in [0, 0.05) is 74.0 Å². The smallest absolute Gasteiger partial charge is 0.228 e. The van der Waals surface area contributed by atoms with Crippen LogP contribution in [0.25, 0.3) is 33.1 Å². The Balaban J connectivity index is 0.000000143. The normalized spacial score (nSPS) is 17.3. The molecular weight excluding hydrogens is 1120 g/mol. The number of oxazole rings is 2. The highest BCUT2D eigenvalue weighted by atomic mass is 32.1. The maximum atomic E-state index is 15.2. The number of amides is 3. The van der Waals surface area contributed by atoms with Crippen LogP contribution in [0.2, 0.25) is 0 Å². The van der Waals surface area contributed by atoms with Crippen molar-refractivity contribution in [3.63, 3.8) is 0 Å². The van der Waals surface area contributed by atoms with Crippen LogP contribution >= 0.6 is 11.3 Å². The van der Waals surface area contributed by atoms with Crippen molar-refractivity contribution >= 4 is 46.1 Å². The van der Waals surface area contributed by atoms with Crippen LogP contribution in [0.5, 0.6) is 0 Å². The number of hydrogen-bond acceptors (Lipinski definition) is 16. The summed E-state index contributed by atoms with van der Waals surface area (Å²) in [6.45, 7) is 10.5. The number of pyridine rings is 3. The van der Waals surface area contributed by atoms with E-state index in [1.54, 1.807) is 83.2 Å². The zero-order chi connectivity index (χ0) is 60.6. The van der Waals surface area contributed by atoms with Crippen LogP contribution in [0.1, 0.15) is 81.8 Å². The molecular formula is C64H66F3N13O5S. The van der Waals surface area contributed by atoms with Crippen LogP contribution < -0.4 is 17.2 Å². The molecule has 0 saturated carbocycles. The number of aryl methyl sites for hydroxylation is 4. The summed E-state index contributed by atoms with van der Waals surface area (Å²) in [6, 6.07) is 27.0. The van der Waals surface area contributed by atoms with Crippen molar-refractivity contribution in [3.8, 4) is 33.1 Å². The number of nitrogen functional groups attached to an aromatic ring is 3. The van der Waals surface area contributed by atoms with E-state index in [1.165, 1.54) is 46.4 Å². The molecule has 3 fully saturated rings. The fourth-order valence-electron chi connectivity index (χ4n) is 10.7. The number of alkyl halides is 1. The van der Waals surface area contributed by atoms with Crippen molar-refractivity contribution in [1.82, 2.24) is 49.6 Å². The predicted octanol–water partition coefficient (Wildman–Crippen LogP) is 10.2. The number of rotatable bonds is 13. The van der Waals surface area contributed by atoms with E-state index in [0.29, 0.717) is 90.1 Å². The molecule has 3 aliphatic heterocycles. The Morgan fingerprint density at radius 1 is 0.628 bits per heavy atom. The minimum absolute atomic E-state index is 0.00765. The molecule has 6 N–H and O–H groups in total. The molecule has 10 heterocycles. The van der Waals surface area contributed by atoms with Gasteiger partial charge in [-0.25, -0.2) is 38.1 Å². The first-order valence-electron chi connectivity index (χ1n) is 28.3. The van der Waals surface area contributed by atoms with Crippen LogP contribution in [-0.2, 0) is 45.7 Å². The molecule has 0 bridgehead atoms. The van der Waals surface area contributed by atoms with E-state index in [-0.39, 0.29) is 73.3 Å². The van der Waals surface area contributed by atoms with Crippen LogP contribution in [0.4, 0.5) is 30.2 Å². The molecule has 0 spiro atoms. The van der Waals surface area contributed by atoms with Gasteiger partial charge in [0.2, 0.25) is 17.7 Å². The molecule has 22 heteroatoms. The summed E-state index contributed by atoms with van der Waals surface area (Å²) < 4.78 is 52.9. The highest BCUT2D eigenvalue weighted by molar-refractivity contribution is 7.15. The zero-order valence-electron chi connectivity index (χ0n) is 48.2. The van der Waals surface area contributed by atoms with Crippen molar-refractivity contribution in [3.05, 3.63) is 190 Å². The molecule has 7 aromatic heterocycles. The van der Waals surface area contributed by atoms with Crippen LogP contribution in [-0.4, -0.2) is 107 Å². The number of nitrogens with zero attached hydrogens (tertiary/aromatic N) is 10. The van der Waals surface area contributed by atoms with Crippen molar-refractivity contribution in [2.75, 3.05) is 56.5 Å². The lowest BCUT2D eigenvalue weighted by Crippen LogP contribution is -2.34. The monoisotopic (exact) mass is 1190 g/mol. The Morgan fingerprint density at radius 3 is 1.83 bits per heavy atom. The van der Waals surface area contributed by atoms with E-state index in [1.807, 2.05) is 50.8 Å². The molecule has 2 aromatic carbocycles. The number of hydrogen-bond donors (Lipinski definition) is 3. The summed E-state index contributed by atoms with van der Waals surface area (Å²) in [7, 11) is 0. The second kappa shape index (κ2) is 26.3. The van der Waals surface area contributed by atoms with Gasteiger partial charge in [-0.3, -0.25) is 24.4 Å². The Morgan fingerprint density at radius 2 is 1.21 bits per heavy atom. The number of likely N-dealkylation sites (tertiary alicyclic amines) is 3. The van der Waals surface area contributed by atoms with Gasteiger partial charge in [0.05, 0.1) is 100 Å². The summed E-state index contributed by atoms with van der Waals surface area (Å²) >= 11 is 1.63. The third kappa shape index (κ3) is 14.6. The summed E-state index contributed by atoms with van der Waals surface area (Å²) in [5, 5.41) is 0. The average Bonchev–Trinajstić information content (AvgIpc) is 3.49. The number of nitrogens with two attached hydrogens (primary N) is 3. The van der Waals surface area contributed by atoms with Gasteiger partial charge in [0.1, 0.15) is 23.2 Å². The number of carbonyl (C=O) groups excluding carboxylic acids is 3. The van der Waals surface area contributed by atoms with Crippen molar-refractivity contribution in [2.45, 2.75) is 84.2 Å². The van der Waals surface area contributed by atoms with Gasteiger partial charge in [0.15, 0.2) is 23.3 Å². The average molecular weight is 1190 g/mol. The Kier molecular flexibility index (Phi) is 18.3. The van der Waals surface area contributed by atoms with E-state index in [9.17, 15) is 23.2 Å². The lowest BCUT2D eigenvalue weighted by Gasteiger charge is -2.20. The maximum Gasteiger partial charge on any atom is 0.228 e. The standard InChI is InChI=1S/C23H25FN4O2.C21H21FN4O2.C20H20FN5OS/c1-14-9-17(24)3-4-18(14)20-6-5-19(25)21(27-20)11-23(29)28-8-7-16(13-28)10-22-26-12-15(2)30-22;1-13-11-24-21(28-13)15-8-9-26(12-15)20(27)10-19-17(23)6-7-18(25-19)14-2-4-16(22)5-3-14;1-13-3-6-17(28-13)15-5-4-14(22)16(25-15)11-18(27)26-10-7-20(21,12-26)19-23-8-2-9-24-19/h3-6,9,12,16H,7-8,10-11,13,25H2,1-2H3;2-7,11,15H,8-10,12,23H2,1H3;2-6,8-9H,7,10-12,22H2,1H3. The van der Waals surface area contributed by atoms with Crippen LogP contribution in [0, 0.1) is 45.2 Å². The molecule has 12 rings (SSSR count). The molecule has 0 aliphatic carbocycles. The number of anilines is 3. The largest absolute Gasteiger partial charge is 0.446 e. The van der Waals surface area contributed by atoms with E-state index >= 15 is 4.39 Å². The summed E-state index contributed by atoms with van der Waals surface area (Å²) in [4.78, 5) is 76.1. The van der Waals surface area contributed by atoms with Crippen LogP contribution in [0.15, 0.2) is 131 Å². The van der Waals surface area contributed by atoms with Gasteiger partial charge in [-0.15, -0.1) is 11.3 Å². The predicted molar refractivity (Wildman–Crippen MR) is 321 cm³/mol. The van der Waals surface area contributed by atoms with Crippen molar-refractivity contribution in [2.24, 2.45) is 5.92 Å². The van der Waals surface area contributed by atoms with Crippen molar-refractivity contribution in [1.29, 1.82) is 0 Å². The summed E-state index contributed by atoms with van der Waals surface area (Å²) in [5.74, 6) is 2.75. The van der Waals surface area contributed by atoms with Gasteiger partial charge in [-0.05, 0) is 149 Å². The molecule has 86 heavy (non-hydrogen) atoms. The number of halogens is 3. The quantitative estimate of drug-likeness (QED) is 0.0970. The topological polar surface area (TPSA) is 256 Å². The van der Waals surface area contributed by atoms with E-state index in [4.69, 9.17) is 26.0 Å². The van der Waals surface area contributed by atoms with Gasteiger partial charge in [-0.2, -0.15) is 0 Å². The third-order valence-electron chi connectivity index (χ3n) is 15.4. The molecule has 3 amide bonds. The molecule has 0 radical (unpaired) electrons. The Bertz CT molecular complexity index is 3880. The molecule has 3 unspecified atom stereocenters. The first-order valence-corrected chi connectivity index (χ1v) is 29.1. The number of aromatic nitrogens is 7. The molecule has 444 valence electrons. The second-order valence-corrected chi connectivity index (χ2v) is 23.2. The number of benzene rings is 2. The fourth-order valence-corrected chi connectivity index (χ4v) is 11.5. The molecule has 9 aromatic rings. The summed E-state index contributed by atoms with van der Waals surface area (Å²) in [6.07, 6.45) is 9.40. The molecule has 3 saturated heterocycles. The minimum Gasteiger partial charge on any atom is -0.446 e. The van der Waals surface area contributed by atoms with E-state index in [2.05, 4.69) is 34.9 Å². The minimum atomic E-state index is -1.72. The highest BCUT2D eigenvalue weighted by Crippen LogP contribution is 2.35. The van der Waals surface area contributed by atoms with Gasteiger partial charge in [0.25, 0.3) is 0 Å². The number of thiophene rings is 1. The number of carbonyl (C=O) groups is 3. The maximum absolute atomic E-state index is 15.2. The Labute approximate surface area is 499 Å². The van der Waals surface area contributed by atoms with Gasteiger partial charge < -0.3 is 40.7 Å². The lowest BCUT2D eigenvalue weighted by molar-refractivity contribution is -0.130. The lowest BCUT2D eigenvalue weighted by atomic mass is 10.0. The van der Waals surface area contributed by atoms with E-state index < -0.39 is 5.67 Å². The van der Waals surface area contributed by atoms with Crippen molar-refractivity contribution < 1.29 is 36.4 Å². The third-order valence-corrected chi connectivity index (χ3v) is 16.4. The Hall–Kier alpha value is -9.31. The van der Waals surface area contributed by atoms with E-state index in [0.717, 1.165) is 63.9 Å². The zero-order valence-corrected chi connectivity index (χ0v) is 49.0. The highest BCUT2D eigenvalue weighted by Gasteiger charge is 2.44. The second-order valence-electron chi connectivity index (χ2n) is 21.9. The molecule has 18 nitrogen and oxygen atoms in total. The first kappa shape index (κ1) is 59.8. The SMILES string of the molecule is Cc1ccc(-c2ccc(N)c(CC(=O)N3CCC(F)(c4ncccn4)C3)n2)s1.Cc1cnc(C2CCN(C(=O)Cc3nc(-c4ccc(F)cc4)ccc3N)C2)o1.Cc1cnc(CC2CCN(C(=O)Cc3nc(-c4ccc(F)cc4C)ccc3N)C2)o1. The first-order chi connectivity index (χ1) is 41.3. The molecule has 3 atom stereocenters. The van der Waals surface area contributed by atoms with Gasteiger partial charge >= 0.3 is 0 Å².